The number of hydrogen-bond donors (Lipinski definition) is 1. The second-order valence-electron chi connectivity index (χ2n) is 11.5. The van der Waals surface area contributed by atoms with Gasteiger partial charge in [0.2, 0.25) is 11.8 Å². The van der Waals surface area contributed by atoms with Crippen LogP contribution in [0.5, 0.6) is 0 Å². The van der Waals surface area contributed by atoms with E-state index in [-0.39, 0.29) is 41.1 Å². The SMILES string of the molecule is O=C(NC1CCCCC1)[C@@H](Cc1ccccc1)N(Cc1ccccc1F)C(=O)CN(c1ccccc1)S(=O)(=O)c1ccc(F)cc1. The van der Waals surface area contributed by atoms with E-state index in [1.807, 2.05) is 30.3 Å². The van der Waals surface area contributed by atoms with Gasteiger partial charge < -0.3 is 10.2 Å². The van der Waals surface area contributed by atoms with Crippen molar-refractivity contribution < 1.29 is 26.8 Å². The molecule has 0 aliphatic heterocycles. The predicted octanol–water partition coefficient (Wildman–Crippen LogP) is 6.25. The average molecular weight is 646 g/mol. The van der Waals surface area contributed by atoms with E-state index < -0.39 is 40.2 Å². The maximum absolute atomic E-state index is 15.1. The van der Waals surface area contributed by atoms with Crippen molar-refractivity contribution in [1.29, 1.82) is 0 Å². The summed E-state index contributed by atoms with van der Waals surface area (Å²) in [6, 6.07) is 26.5. The van der Waals surface area contributed by atoms with Crippen molar-refractivity contribution in [2.75, 3.05) is 10.8 Å². The fourth-order valence-corrected chi connectivity index (χ4v) is 7.18. The standard InChI is InChI=1S/C36H37F2N3O4S/c37-29-20-22-32(23-21-29)46(44,45)41(31-17-8-3-9-18-31)26-35(42)40(25-28-14-10-11-19-33(28)38)34(24-27-12-4-1-5-13-27)36(43)39-30-15-6-2-7-16-30/h1,3-5,8-14,17-23,30,34H,2,6-7,15-16,24-26H2,(H,39,43)/t34-/m1/s1. The van der Waals surface area contributed by atoms with Gasteiger partial charge in [0.25, 0.3) is 10.0 Å². The largest absolute Gasteiger partial charge is 0.352 e. The third-order valence-corrected chi connectivity index (χ3v) is 10.0. The Balaban J connectivity index is 1.55. The molecule has 1 atom stereocenters. The van der Waals surface area contributed by atoms with Crippen LogP contribution in [0.2, 0.25) is 0 Å². The lowest BCUT2D eigenvalue weighted by Crippen LogP contribution is -2.55. The van der Waals surface area contributed by atoms with Crippen molar-refractivity contribution in [3.8, 4) is 0 Å². The first-order valence-corrected chi connectivity index (χ1v) is 16.9. The number of carbonyl (C=O) groups is 2. The van der Waals surface area contributed by atoms with Crippen LogP contribution >= 0.6 is 0 Å². The number of rotatable bonds is 12. The lowest BCUT2D eigenvalue weighted by Gasteiger charge is -2.35. The fraction of sp³-hybridized carbons (Fsp3) is 0.278. The quantitative estimate of drug-likeness (QED) is 0.197. The zero-order valence-electron chi connectivity index (χ0n) is 25.4. The molecule has 1 saturated carbocycles. The van der Waals surface area contributed by atoms with Crippen molar-refractivity contribution in [1.82, 2.24) is 10.2 Å². The Labute approximate surface area is 268 Å². The van der Waals surface area contributed by atoms with Crippen LogP contribution in [0.1, 0.15) is 43.2 Å². The van der Waals surface area contributed by atoms with Gasteiger partial charge in [-0.3, -0.25) is 13.9 Å². The molecular weight excluding hydrogens is 608 g/mol. The molecule has 240 valence electrons. The van der Waals surface area contributed by atoms with Crippen LogP contribution in [0.25, 0.3) is 0 Å². The average Bonchev–Trinajstić information content (AvgIpc) is 3.07. The number of halogens is 2. The van der Waals surface area contributed by atoms with Crippen molar-refractivity contribution in [3.05, 3.63) is 132 Å². The molecule has 0 radical (unpaired) electrons. The normalized spacial score (nSPS) is 14.3. The Morgan fingerprint density at radius 2 is 1.39 bits per heavy atom. The molecule has 1 N–H and O–H groups in total. The van der Waals surface area contributed by atoms with Crippen LogP contribution in [-0.4, -0.2) is 43.8 Å². The third-order valence-electron chi connectivity index (χ3n) is 8.25. The number of hydrogen-bond acceptors (Lipinski definition) is 4. The summed E-state index contributed by atoms with van der Waals surface area (Å²) in [7, 11) is -4.36. The maximum atomic E-state index is 15.1. The number of anilines is 1. The van der Waals surface area contributed by atoms with Crippen LogP contribution in [0.3, 0.4) is 0 Å². The van der Waals surface area contributed by atoms with Crippen molar-refractivity contribution in [2.24, 2.45) is 0 Å². The molecule has 4 aromatic carbocycles. The summed E-state index contributed by atoms with van der Waals surface area (Å²) in [5.74, 6) is -2.24. The van der Waals surface area contributed by atoms with Crippen molar-refractivity contribution >= 4 is 27.5 Å². The summed E-state index contributed by atoms with van der Waals surface area (Å²) in [6.45, 7) is -0.944. The summed E-state index contributed by atoms with van der Waals surface area (Å²) in [5.41, 5.74) is 1.18. The highest BCUT2D eigenvalue weighted by atomic mass is 32.2. The van der Waals surface area contributed by atoms with E-state index in [0.29, 0.717) is 0 Å². The summed E-state index contributed by atoms with van der Waals surface area (Å²) in [6.07, 6.45) is 4.84. The number of nitrogens with one attached hydrogen (secondary N) is 1. The zero-order valence-corrected chi connectivity index (χ0v) is 26.2. The van der Waals surface area contributed by atoms with Gasteiger partial charge in [-0.25, -0.2) is 17.2 Å². The van der Waals surface area contributed by atoms with Gasteiger partial charge in [-0.15, -0.1) is 0 Å². The highest BCUT2D eigenvalue weighted by Crippen LogP contribution is 2.26. The summed E-state index contributed by atoms with van der Waals surface area (Å²) < 4.78 is 57.7. The van der Waals surface area contributed by atoms with Crippen LogP contribution in [-0.2, 0) is 32.6 Å². The van der Waals surface area contributed by atoms with Gasteiger partial charge in [0.15, 0.2) is 0 Å². The Kier molecular flexibility index (Phi) is 10.8. The number of para-hydroxylation sites is 1. The number of carbonyl (C=O) groups excluding carboxylic acids is 2. The first-order valence-electron chi connectivity index (χ1n) is 15.4. The van der Waals surface area contributed by atoms with Crippen LogP contribution in [0.15, 0.2) is 114 Å². The van der Waals surface area contributed by atoms with Gasteiger partial charge >= 0.3 is 0 Å². The molecular formula is C36H37F2N3O4S. The first kappa shape index (κ1) is 32.8. The lowest BCUT2D eigenvalue weighted by molar-refractivity contribution is -0.140. The Hall–Kier alpha value is -4.57. The minimum absolute atomic E-state index is 0.0513. The first-order chi connectivity index (χ1) is 22.2. The number of nitrogens with zero attached hydrogens (tertiary/aromatic N) is 2. The van der Waals surface area contributed by atoms with Gasteiger partial charge in [0.1, 0.15) is 24.2 Å². The summed E-state index contributed by atoms with van der Waals surface area (Å²) in [5, 5.41) is 3.13. The minimum Gasteiger partial charge on any atom is -0.352 e. The number of sulfonamides is 1. The van der Waals surface area contributed by atoms with Crippen LogP contribution in [0.4, 0.5) is 14.5 Å². The highest BCUT2D eigenvalue weighted by molar-refractivity contribution is 7.92. The Bertz CT molecular complexity index is 1720. The molecule has 10 heteroatoms. The van der Waals surface area contributed by atoms with Crippen molar-refractivity contribution in [3.63, 3.8) is 0 Å². The second kappa shape index (κ2) is 15.1. The van der Waals surface area contributed by atoms with E-state index in [1.54, 1.807) is 42.5 Å². The van der Waals surface area contributed by atoms with Crippen LogP contribution in [0, 0.1) is 11.6 Å². The molecule has 0 saturated heterocycles. The Morgan fingerprint density at radius 1 is 0.783 bits per heavy atom. The molecule has 46 heavy (non-hydrogen) atoms. The molecule has 2 amide bonds. The van der Waals surface area contributed by atoms with Gasteiger partial charge in [0.05, 0.1) is 10.6 Å². The van der Waals surface area contributed by atoms with E-state index in [1.165, 1.54) is 17.0 Å². The number of amides is 2. The topological polar surface area (TPSA) is 86.8 Å². The van der Waals surface area contributed by atoms with E-state index >= 15 is 4.39 Å². The molecule has 0 aromatic heterocycles. The summed E-state index contributed by atoms with van der Waals surface area (Å²) >= 11 is 0. The van der Waals surface area contributed by atoms with E-state index in [4.69, 9.17) is 0 Å². The van der Waals surface area contributed by atoms with Crippen molar-refractivity contribution in [2.45, 2.75) is 62.0 Å². The van der Waals surface area contributed by atoms with Crippen LogP contribution < -0.4 is 9.62 Å². The molecule has 4 aromatic rings. The summed E-state index contributed by atoms with van der Waals surface area (Å²) in [4.78, 5) is 29.6. The molecule has 1 aliphatic carbocycles. The minimum atomic E-state index is -4.36. The lowest BCUT2D eigenvalue weighted by atomic mass is 9.94. The molecule has 7 nitrogen and oxygen atoms in total. The molecule has 5 rings (SSSR count). The molecule has 1 fully saturated rings. The van der Waals surface area contributed by atoms with E-state index in [2.05, 4.69) is 5.32 Å². The second-order valence-corrected chi connectivity index (χ2v) is 13.3. The predicted molar refractivity (Wildman–Crippen MR) is 173 cm³/mol. The van der Waals surface area contributed by atoms with E-state index in [0.717, 1.165) is 66.2 Å². The maximum Gasteiger partial charge on any atom is 0.264 e. The fourth-order valence-electron chi connectivity index (χ4n) is 5.77. The molecule has 0 spiro atoms. The smallest absolute Gasteiger partial charge is 0.264 e. The van der Waals surface area contributed by atoms with Gasteiger partial charge in [-0.1, -0.05) is 86.0 Å². The monoisotopic (exact) mass is 645 g/mol. The number of benzene rings is 4. The van der Waals surface area contributed by atoms with Gasteiger partial charge in [-0.2, -0.15) is 0 Å². The molecule has 1 aliphatic rings. The van der Waals surface area contributed by atoms with Gasteiger partial charge in [-0.05, 0) is 60.9 Å². The van der Waals surface area contributed by atoms with E-state index in [9.17, 15) is 22.4 Å². The Morgan fingerprint density at radius 3 is 2.04 bits per heavy atom. The molecule has 0 bridgehead atoms. The third kappa shape index (κ3) is 8.17. The molecule has 0 unspecified atom stereocenters. The zero-order chi connectivity index (χ0) is 32.5. The molecule has 0 heterocycles. The highest BCUT2D eigenvalue weighted by Gasteiger charge is 2.35. The van der Waals surface area contributed by atoms with Gasteiger partial charge in [0, 0.05) is 24.6 Å².